The molecular weight excluding hydrogens is 558 g/mol. The molecule has 1 aromatic heterocycles. The summed E-state index contributed by atoms with van der Waals surface area (Å²) < 4.78 is 39.0. The van der Waals surface area contributed by atoms with E-state index in [0.717, 1.165) is 38.4 Å². The molecule has 0 aromatic carbocycles. The Morgan fingerprint density at radius 1 is 0.976 bits per heavy atom. The standard InChI is InChI=1S/C26H45N5O9S/c1-26(2,3)40-25(35)27-17-20(23(33)38-4)28-22(32)14-12-10-8-7-9-11-13-19-18-31(30-29-19)21(24(34)39-5)15-16-41(6,36)37/h18,20-21H,7-17H2,1-6H3,(H,27,35)(H,28,32)/t20-,21-/m0/s1. The summed E-state index contributed by atoms with van der Waals surface area (Å²) in [4.78, 5) is 48.2. The second-order valence-electron chi connectivity index (χ2n) is 10.8. The van der Waals surface area contributed by atoms with Gasteiger partial charge in [0.2, 0.25) is 5.91 Å². The lowest BCUT2D eigenvalue weighted by molar-refractivity contribution is -0.145. The van der Waals surface area contributed by atoms with Crippen LogP contribution < -0.4 is 10.6 Å². The number of carbonyl (C=O) groups excluding carboxylic acids is 4. The number of alkyl carbamates (subject to hydrolysis) is 1. The van der Waals surface area contributed by atoms with Crippen LogP contribution in [-0.2, 0) is 44.9 Å². The van der Waals surface area contributed by atoms with Crippen molar-refractivity contribution in [1.29, 1.82) is 0 Å². The molecule has 0 saturated carbocycles. The molecule has 0 aliphatic heterocycles. The Morgan fingerprint density at radius 3 is 2.17 bits per heavy atom. The van der Waals surface area contributed by atoms with Crippen molar-refractivity contribution in [2.45, 2.75) is 96.2 Å². The van der Waals surface area contributed by atoms with Crippen LogP contribution in [-0.4, -0.2) is 91.8 Å². The van der Waals surface area contributed by atoms with Gasteiger partial charge in [-0.3, -0.25) is 4.79 Å². The van der Waals surface area contributed by atoms with Crippen molar-refractivity contribution in [3.05, 3.63) is 11.9 Å². The van der Waals surface area contributed by atoms with Gasteiger partial charge in [0.05, 0.1) is 32.2 Å². The number of aromatic nitrogens is 3. The Hall–Kier alpha value is -3.23. The van der Waals surface area contributed by atoms with Crippen molar-refractivity contribution in [2.24, 2.45) is 0 Å². The van der Waals surface area contributed by atoms with Crippen LogP contribution in [0.1, 0.15) is 83.9 Å². The van der Waals surface area contributed by atoms with Crippen LogP contribution in [0.5, 0.6) is 0 Å². The molecule has 0 saturated heterocycles. The number of aryl methyl sites for hydroxylation is 1. The third kappa shape index (κ3) is 16.0. The van der Waals surface area contributed by atoms with Crippen LogP contribution in [0.2, 0.25) is 0 Å². The van der Waals surface area contributed by atoms with Crippen molar-refractivity contribution in [3.8, 4) is 0 Å². The Bertz CT molecular complexity index is 1100. The lowest BCUT2D eigenvalue weighted by Gasteiger charge is -2.21. The van der Waals surface area contributed by atoms with Crippen LogP contribution >= 0.6 is 0 Å². The molecule has 0 spiro atoms. The monoisotopic (exact) mass is 603 g/mol. The Balaban J connectivity index is 2.32. The maximum Gasteiger partial charge on any atom is 0.407 e. The number of ether oxygens (including phenoxy) is 3. The van der Waals surface area contributed by atoms with Gasteiger partial charge in [-0.05, 0) is 46.5 Å². The quantitative estimate of drug-likeness (QED) is 0.142. The van der Waals surface area contributed by atoms with Crippen LogP contribution in [0.25, 0.3) is 0 Å². The first-order valence-electron chi connectivity index (χ1n) is 13.7. The van der Waals surface area contributed by atoms with Gasteiger partial charge < -0.3 is 24.8 Å². The average molecular weight is 604 g/mol. The van der Waals surface area contributed by atoms with E-state index in [0.29, 0.717) is 18.5 Å². The van der Waals surface area contributed by atoms with Gasteiger partial charge in [0, 0.05) is 18.9 Å². The van der Waals surface area contributed by atoms with Gasteiger partial charge in [0.15, 0.2) is 6.04 Å². The second kappa shape index (κ2) is 17.6. The number of hydrogen-bond acceptors (Lipinski definition) is 11. The van der Waals surface area contributed by atoms with Crippen LogP contribution in [0.4, 0.5) is 4.79 Å². The fourth-order valence-electron chi connectivity index (χ4n) is 3.80. The van der Waals surface area contributed by atoms with Gasteiger partial charge in [-0.2, -0.15) is 0 Å². The number of nitrogens with one attached hydrogen (secondary N) is 2. The molecule has 0 fully saturated rings. The number of carbonyl (C=O) groups is 4. The zero-order valence-corrected chi connectivity index (χ0v) is 25.8. The SMILES string of the molecule is COC(=O)[C@H](CNC(=O)OC(C)(C)C)NC(=O)CCCCCCCCc1cn([C@@H](CCS(C)(=O)=O)C(=O)OC)nn1. The molecule has 0 aliphatic rings. The first-order chi connectivity index (χ1) is 19.1. The van der Waals surface area contributed by atoms with E-state index in [2.05, 4.69) is 20.9 Å². The molecule has 14 nitrogen and oxygen atoms in total. The Labute approximate surface area is 242 Å². The van der Waals surface area contributed by atoms with E-state index in [1.54, 1.807) is 27.0 Å². The molecule has 1 heterocycles. The van der Waals surface area contributed by atoms with Gasteiger partial charge in [-0.15, -0.1) is 5.10 Å². The molecule has 234 valence electrons. The number of amides is 2. The van der Waals surface area contributed by atoms with Crippen LogP contribution in [0.3, 0.4) is 0 Å². The van der Waals surface area contributed by atoms with Crippen molar-refractivity contribution in [3.63, 3.8) is 0 Å². The normalized spacial score (nSPS) is 13.1. The first-order valence-corrected chi connectivity index (χ1v) is 15.7. The smallest absolute Gasteiger partial charge is 0.407 e. The second-order valence-corrected chi connectivity index (χ2v) is 13.1. The zero-order chi connectivity index (χ0) is 31.1. The topological polar surface area (TPSA) is 185 Å². The molecule has 2 N–H and O–H groups in total. The minimum absolute atomic E-state index is 0.0542. The van der Waals surface area contributed by atoms with Gasteiger partial charge >= 0.3 is 18.0 Å². The highest BCUT2D eigenvalue weighted by Crippen LogP contribution is 2.16. The number of methoxy groups -OCH3 is 2. The average Bonchev–Trinajstić information content (AvgIpc) is 3.34. The summed E-state index contributed by atoms with van der Waals surface area (Å²) in [6, 6.07) is -1.86. The number of hydrogen-bond donors (Lipinski definition) is 2. The summed E-state index contributed by atoms with van der Waals surface area (Å²) in [6.07, 6.45) is 8.18. The zero-order valence-electron chi connectivity index (χ0n) is 24.9. The molecule has 2 atom stereocenters. The summed E-state index contributed by atoms with van der Waals surface area (Å²) in [5.74, 6) is -1.71. The molecule has 1 rings (SSSR count). The van der Waals surface area contributed by atoms with E-state index < -0.39 is 45.6 Å². The van der Waals surface area contributed by atoms with Gasteiger partial charge in [-0.1, -0.05) is 30.9 Å². The number of rotatable bonds is 18. The summed E-state index contributed by atoms with van der Waals surface area (Å²) in [5, 5.41) is 13.1. The molecule has 0 bridgehead atoms. The predicted molar refractivity (Wildman–Crippen MR) is 150 cm³/mol. The highest BCUT2D eigenvalue weighted by molar-refractivity contribution is 7.90. The minimum Gasteiger partial charge on any atom is -0.467 e. The van der Waals surface area contributed by atoms with E-state index in [1.165, 1.54) is 18.9 Å². The van der Waals surface area contributed by atoms with Crippen LogP contribution in [0, 0.1) is 0 Å². The summed E-state index contributed by atoms with van der Waals surface area (Å²) in [5.41, 5.74) is 0.0168. The predicted octanol–water partition coefficient (Wildman–Crippen LogP) is 1.88. The fourth-order valence-corrected chi connectivity index (χ4v) is 4.45. The Kier molecular flexibility index (Phi) is 15.3. The number of nitrogens with zero attached hydrogens (tertiary/aromatic N) is 3. The lowest BCUT2D eigenvalue weighted by atomic mass is 10.1. The van der Waals surface area contributed by atoms with Crippen molar-refractivity contribution in [1.82, 2.24) is 25.6 Å². The molecule has 0 unspecified atom stereocenters. The molecular formula is C26H45N5O9S. The van der Waals surface area contributed by atoms with E-state index in [9.17, 15) is 27.6 Å². The summed E-state index contributed by atoms with van der Waals surface area (Å²) >= 11 is 0. The first kappa shape index (κ1) is 35.8. The maximum atomic E-state index is 12.3. The molecule has 41 heavy (non-hydrogen) atoms. The number of unbranched alkanes of at least 4 members (excludes halogenated alkanes) is 5. The van der Waals surface area contributed by atoms with Gasteiger partial charge in [0.25, 0.3) is 0 Å². The summed E-state index contributed by atoms with van der Waals surface area (Å²) in [7, 11) is -0.795. The maximum absolute atomic E-state index is 12.3. The Morgan fingerprint density at radius 2 is 1.59 bits per heavy atom. The molecule has 2 amide bonds. The third-order valence-electron chi connectivity index (χ3n) is 5.87. The summed E-state index contributed by atoms with van der Waals surface area (Å²) in [6.45, 7) is 5.01. The number of sulfone groups is 1. The molecule has 1 aromatic rings. The highest BCUT2D eigenvalue weighted by atomic mass is 32.2. The van der Waals surface area contributed by atoms with E-state index >= 15 is 0 Å². The van der Waals surface area contributed by atoms with E-state index in [1.807, 2.05) is 0 Å². The van der Waals surface area contributed by atoms with Crippen molar-refractivity contribution in [2.75, 3.05) is 32.8 Å². The number of esters is 2. The highest BCUT2D eigenvalue weighted by Gasteiger charge is 2.25. The van der Waals surface area contributed by atoms with Gasteiger partial charge in [-0.25, -0.2) is 27.5 Å². The van der Waals surface area contributed by atoms with Crippen LogP contribution in [0.15, 0.2) is 6.20 Å². The van der Waals surface area contributed by atoms with E-state index in [-0.39, 0.29) is 31.0 Å². The van der Waals surface area contributed by atoms with Gasteiger partial charge in [0.1, 0.15) is 21.5 Å². The fraction of sp³-hybridized carbons (Fsp3) is 0.769. The largest absolute Gasteiger partial charge is 0.467 e. The molecule has 0 radical (unpaired) electrons. The lowest BCUT2D eigenvalue weighted by Crippen LogP contribution is -2.49. The van der Waals surface area contributed by atoms with Crippen molar-refractivity contribution >= 4 is 33.8 Å². The van der Waals surface area contributed by atoms with Crippen molar-refractivity contribution < 1.29 is 41.8 Å². The molecule has 0 aliphatic carbocycles. The third-order valence-corrected chi connectivity index (χ3v) is 6.85. The minimum atomic E-state index is -3.24. The van der Waals surface area contributed by atoms with E-state index in [4.69, 9.17) is 14.2 Å². The molecule has 15 heteroatoms.